The Kier molecular flexibility index (Phi) is 4.04. The minimum Gasteiger partial charge on any atom is -0.363 e. The molecule has 0 amide bonds. The number of anilines is 1. The van der Waals surface area contributed by atoms with Gasteiger partial charge in [-0.15, -0.1) is 11.6 Å². The predicted octanol–water partition coefficient (Wildman–Crippen LogP) is 2.09. The van der Waals surface area contributed by atoms with Gasteiger partial charge in [0.2, 0.25) is 0 Å². The van der Waals surface area contributed by atoms with Crippen LogP contribution in [-0.2, 0) is 5.88 Å². The average Bonchev–Trinajstić information content (AvgIpc) is 2.39. The van der Waals surface area contributed by atoms with E-state index < -0.39 is 0 Å². The third-order valence-electron chi connectivity index (χ3n) is 3.23. The SMILES string of the molecule is CN1CCN(c2ccc(CCl)cc2[N+](=O)[O-])CC1. The fourth-order valence-corrected chi connectivity index (χ4v) is 2.28. The van der Waals surface area contributed by atoms with Gasteiger partial charge in [0.25, 0.3) is 5.69 Å². The summed E-state index contributed by atoms with van der Waals surface area (Å²) in [5.74, 6) is 0.295. The van der Waals surface area contributed by atoms with Crippen LogP contribution >= 0.6 is 11.6 Å². The lowest BCUT2D eigenvalue weighted by atomic mass is 10.1. The Bertz CT molecular complexity index is 445. The number of halogens is 1. The van der Waals surface area contributed by atoms with Crippen molar-refractivity contribution < 1.29 is 4.92 Å². The number of piperazine rings is 1. The zero-order chi connectivity index (χ0) is 13.1. The van der Waals surface area contributed by atoms with Crippen LogP contribution in [0.2, 0.25) is 0 Å². The molecule has 1 aromatic rings. The van der Waals surface area contributed by atoms with Crippen molar-refractivity contribution in [2.45, 2.75) is 5.88 Å². The van der Waals surface area contributed by atoms with Crippen LogP contribution in [0.4, 0.5) is 11.4 Å². The van der Waals surface area contributed by atoms with Crippen molar-refractivity contribution in [1.82, 2.24) is 4.90 Å². The highest BCUT2D eigenvalue weighted by Gasteiger charge is 2.22. The molecule has 0 bridgehead atoms. The summed E-state index contributed by atoms with van der Waals surface area (Å²) in [5.41, 5.74) is 1.63. The van der Waals surface area contributed by atoms with Crippen molar-refractivity contribution >= 4 is 23.0 Å². The number of hydrogen-bond donors (Lipinski definition) is 0. The summed E-state index contributed by atoms with van der Waals surface area (Å²) in [4.78, 5) is 15.1. The maximum absolute atomic E-state index is 11.1. The fraction of sp³-hybridized carbons (Fsp3) is 0.500. The van der Waals surface area contributed by atoms with Gasteiger partial charge in [-0.25, -0.2) is 0 Å². The van der Waals surface area contributed by atoms with Crippen LogP contribution in [0.15, 0.2) is 18.2 Å². The minimum atomic E-state index is -0.330. The molecular weight excluding hydrogens is 254 g/mol. The van der Waals surface area contributed by atoms with Gasteiger partial charge in [0.1, 0.15) is 5.69 Å². The third kappa shape index (κ3) is 2.73. The van der Waals surface area contributed by atoms with Crippen molar-refractivity contribution in [2.75, 3.05) is 38.1 Å². The van der Waals surface area contributed by atoms with Crippen LogP contribution in [0.25, 0.3) is 0 Å². The van der Waals surface area contributed by atoms with E-state index in [0.29, 0.717) is 11.6 Å². The number of alkyl halides is 1. The molecule has 98 valence electrons. The summed E-state index contributed by atoms with van der Waals surface area (Å²) in [7, 11) is 2.06. The lowest BCUT2D eigenvalue weighted by molar-refractivity contribution is -0.384. The molecule has 0 spiro atoms. The summed E-state index contributed by atoms with van der Waals surface area (Å²) >= 11 is 5.72. The Morgan fingerprint density at radius 2 is 2.00 bits per heavy atom. The highest BCUT2D eigenvalue weighted by Crippen LogP contribution is 2.30. The van der Waals surface area contributed by atoms with E-state index in [4.69, 9.17) is 11.6 Å². The summed E-state index contributed by atoms with van der Waals surface area (Å²) in [6.07, 6.45) is 0. The monoisotopic (exact) mass is 269 g/mol. The minimum absolute atomic E-state index is 0.151. The third-order valence-corrected chi connectivity index (χ3v) is 3.54. The molecule has 0 aromatic heterocycles. The van der Waals surface area contributed by atoms with Gasteiger partial charge in [-0.2, -0.15) is 0 Å². The summed E-state index contributed by atoms with van der Waals surface area (Å²) in [6, 6.07) is 5.23. The van der Waals surface area contributed by atoms with E-state index >= 15 is 0 Å². The van der Waals surface area contributed by atoms with E-state index in [9.17, 15) is 10.1 Å². The Labute approximate surface area is 111 Å². The molecule has 1 saturated heterocycles. The highest BCUT2D eigenvalue weighted by molar-refractivity contribution is 6.17. The smallest absolute Gasteiger partial charge is 0.292 e. The Hall–Kier alpha value is -1.33. The van der Waals surface area contributed by atoms with E-state index in [2.05, 4.69) is 16.8 Å². The van der Waals surface area contributed by atoms with Gasteiger partial charge >= 0.3 is 0 Å². The summed E-state index contributed by atoms with van der Waals surface area (Å²) in [6.45, 7) is 3.48. The largest absolute Gasteiger partial charge is 0.363 e. The van der Waals surface area contributed by atoms with Crippen molar-refractivity contribution in [3.8, 4) is 0 Å². The van der Waals surface area contributed by atoms with Crippen molar-refractivity contribution in [3.05, 3.63) is 33.9 Å². The number of rotatable bonds is 3. The maximum Gasteiger partial charge on any atom is 0.292 e. The number of nitro benzene ring substituents is 1. The lowest BCUT2D eigenvalue weighted by Gasteiger charge is -2.33. The van der Waals surface area contributed by atoms with Crippen molar-refractivity contribution in [2.24, 2.45) is 0 Å². The van der Waals surface area contributed by atoms with Gasteiger partial charge in [0.05, 0.1) is 4.92 Å². The van der Waals surface area contributed by atoms with Crippen LogP contribution in [0.3, 0.4) is 0 Å². The molecule has 0 unspecified atom stereocenters. The molecule has 0 atom stereocenters. The maximum atomic E-state index is 11.1. The predicted molar refractivity (Wildman–Crippen MR) is 72.4 cm³/mol. The van der Waals surface area contributed by atoms with Crippen LogP contribution in [0.1, 0.15) is 5.56 Å². The molecule has 1 aliphatic heterocycles. The van der Waals surface area contributed by atoms with E-state index in [0.717, 1.165) is 31.7 Å². The molecule has 6 heteroatoms. The highest BCUT2D eigenvalue weighted by atomic mass is 35.5. The number of benzene rings is 1. The number of likely N-dealkylation sites (N-methyl/N-ethyl adjacent to an activating group) is 1. The molecule has 5 nitrogen and oxygen atoms in total. The van der Waals surface area contributed by atoms with Gasteiger partial charge < -0.3 is 9.80 Å². The molecule has 1 fully saturated rings. The summed E-state index contributed by atoms with van der Waals surface area (Å²) < 4.78 is 0. The number of hydrogen-bond acceptors (Lipinski definition) is 4. The Morgan fingerprint density at radius 3 is 2.56 bits per heavy atom. The molecule has 1 aromatic carbocycles. The van der Waals surface area contributed by atoms with E-state index in [-0.39, 0.29) is 10.6 Å². The standard InChI is InChI=1S/C12H16ClN3O2/c1-14-4-6-15(7-5-14)11-3-2-10(9-13)8-12(11)16(17)18/h2-3,8H,4-7,9H2,1H3. The molecule has 2 rings (SSSR count). The Balaban J connectivity index is 2.29. The first-order valence-electron chi connectivity index (χ1n) is 5.88. The van der Waals surface area contributed by atoms with E-state index in [1.807, 2.05) is 6.07 Å². The normalized spacial score (nSPS) is 16.9. The summed E-state index contributed by atoms with van der Waals surface area (Å²) in [5, 5.41) is 11.1. The van der Waals surface area contributed by atoms with Gasteiger partial charge in [-0.3, -0.25) is 10.1 Å². The zero-order valence-electron chi connectivity index (χ0n) is 10.3. The van der Waals surface area contributed by atoms with E-state index in [1.165, 1.54) is 0 Å². The number of nitrogens with zero attached hydrogens (tertiary/aromatic N) is 3. The molecule has 0 aliphatic carbocycles. The van der Waals surface area contributed by atoms with Crippen molar-refractivity contribution in [3.63, 3.8) is 0 Å². The first-order chi connectivity index (χ1) is 8.61. The first-order valence-corrected chi connectivity index (χ1v) is 6.42. The zero-order valence-corrected chi connectivity index (χ0v) is 11.1. The molecular formula is C12H16ClN3O2. The fourth-order valence-electron chi connectivity index (χ4n) is 2.11. The second-order valence-electron chi connectivity index (χ2n) is 4.50. The second kappa shape index (κ2) is 5.54. The quantitative estimate of drug-likeness (QED) is 0.479. The molecule has 1 heterocycles. The van der Waals surface area contributed by atoms with Crippen molar-refractivity contribution in [1.29, 1.82) is 0 Å². The molecule has 0 radical (unpaired) electrons. The van der Waals surface area contributed by atoms with Gasteiger partial charge in [0.15, 0.2) is 0 Å². The van der Waals surface area contributed by atoms with Crippen LogP contribution < -0.4 is 4.90 Å². The lowest BCUT2D eigenvalue weighted by Crippen LogP contribution is -2.44. The first kappa shape index (κ1) is 13.1. The van der Waals surface area contributed by atoms with Crippen LogP contribution in [-0.4, -0.2) is 43.0 Å². The number of nitro groups is 1. The van der Waals surface area contributed by atoms with Gasteiger partial charge in [-0.1, -0.05) is 6.07 Å². The van der Waals surface area contributed by atoms with E-state index in [1.54, 1.807) is 12.1 Å². The second-order valence-corrected chi connectivity index (χ2v) is 4.77. The molecule has 1 aliphatic rings. The topological polar surface area (TPSA) is 49.6 Å². The van der Waals surface area contributed by atoms with Crippen LogP contribution in [0, 0.1) is 10.1 Å². The molecule has 18 heavy (non-hydrogen) atoms. The van der Waals surface area contributed by atoms with Gasteiger partial charge in [-0.05, 0) is 18.7 Å². The average molecular weight is 270 g/mol. The van der Waals surface area contributed by atoms with Crippen LogP contribution in [0.5, 0.6) is 0 Å². The molecule has 0 saturated carbocycles. The van der Waals surface area contributed by atoms with Gasteiger partial charge in [0, 0.05) is 38.1 Å². The molecule has 0 N–H and O–H groups in total. The Morgan fingerprint density at radius 1 is 1.33 bits per heavy atom.